The lowest BCUT2D eigenvalue weighted by Gasteiger charge is -2.12. The van der Waals surface area contributed by atoms with Crippen LogP contribution in [0.25, 0.3) is 0 Å². The number of aryl methyl sites for hydroxylation is 1. The minimum atomic E-state index is -0.318. The minimum absolute atomic E-state index is 0.0350. The summed E-state index contributed by atoms with van der Waals surface area (Å²) in [6.07, 6.45) is 14.6. The van der Waals surface area contributed by atoms with E-state index in [1.54, 1.807) is 0 Å². The topological polar surface area (TPSA) is 35.5 Å². The molecule has 2 aromatic rings. The Morgan fingerprint density at radius 1 is 0.750 bits per heavy atom. The van der Waals surface area contributed by atoms with Gasteiger partial charge in [-0.3, -0.25) is 0 Å². The van der Waals surface area contributed by atoms with Crippen molar-refractivity contribution in [2.45, 2.75) is 97.5 Å². The Bertz CT molecular complexity index is 749. The third-order valence-corrected chi connectivity index (χ3v) is 5.99. The van der Waals surface area contributed by atoms with Gasteiger partial charge >= 0.3 is 5.97 Å². The smallest absolute Gasteiger partial charge is 0.343 e. The summed E-state index contributed by atoms with van der Waals surface area (Å²) in [6.45, 7) is 6.94. The van der Waals surface area contributed by atoms with Crippen molar-refractivity contribution in [1.82, 2.24) is 0 Å². The van der Waals surface area contributed by atoms with E-state index in [0.29, 0.717) is 17.9 Å². The maximum Gasteiger partial charge on any atom is 0.343 e. The van der Waals surface area contributed by atoms with Gasteiger partial charge in [0.15, 0.2) is 0 Å². The quantitative estimate of drug-likeness (QED) is 0.150. The van der Waals surface area contributed by atoms with Crippen molar-refractivity contribution in [3.63, 3.8) is 0 Å². The molecule has 0 aliphatic rings. The van der Waals surface area contributed by atoms with Gasteiger partial charge in [-0.25, -0.2) is 4.79 Å². The molecule has 0 radical (unpaired) electrons. The first-order chi connectivity index (χ1) is 15.6. The molecule has 1 unspecified atom stereocenters. The predicted octanol–water partition coefficient (Wildman–Crippen LogP) is 8.47. The van der Waals surface area contributed by atoms with Crippen molar-refractivity contribution in [1.29, 1.82) is 0 Å². The van der Waals surface area contributed by atoms with Crippen molar-refractivity contribution >= 4 is 5.97 Å². The summed E-state index contributed by atoms with van der Waals surface area (Å²) in [5.74, 6) is 0.234. The number of esters is 1. The van der Waals surface area contributed by atoms with Crippen LogP contribution in [0.1, 0.15) is 113 Å². The third-order valence-electron chi connectivity index (χ3n) is 5.99. The molecule has 176 valence electrons. The van der Waals surface area contributed by atoms with Gasteiger partial charge < -0.3 is 9.47 Å². The molecule has 0 saturated carbocycles. The molecule has 3 nitrogen and oxygen atoms in total. The molecule has 0 aliphatic heterocycles. The first kappa shape index (κ1) is 26.1. The van der Waals surface area contributed by atoms with Crippen LogP contribution < -0.4 is 4.74 Å². The average Bonchev–Trinajstić information content (AvgIpc) is 2.81. The highest BCUT2D eigenvalue weighted by Gasteiger charge is 2.10. The van der Waals surface area contributed by atoms with Crippen LogP contribution in [-0.2, 0) is 11.2 Å². The number of hydrogen-bond donors (Lipinski definition) is 0. The molecular formula is C29H42O3. The van der Waals surface area contributed by atoms with Gasteiger partial charge in [0, 0.05) is 6.61 Å². The molecule has 0 aromatic heterocycles. The summed E-state index contributed by atoms with van der Waals surface area (Å²) >= 11 is 0. The SMILES string of the molecule is CCCCCCCCCCCCc1ccc(C(=O)Oc2ccc(C(C)OCC)cc2)cc1. The predicted molar refractivity (Wildman–Crippen MR) is 133 cm³/mol. The second kappa shape index (κ2) is 15.6. The molecule has 0 fully saturated rings. The highest BCUT2D eigenvalue weighted by Crippen LogP contribution is 2.21. The molecule has 1 atom stereocenters. The lowest BCUT2D eigenvalue weighted by Crippen LogP contribution is -2.08. The van der Waals surface area contributed by atoms with E-state index in [0.717, 1.165) is 12.0 Å². The van der Waals surface area contributed by atoms with E-state index in [-0.39, 0.29) is 12.1 Å². The summed E-state index contributed by atoms with van der Waals surface area (Å²) in [4.78, 5) is 12.4. The number of unbranched alkanes of at least 4 members (excludes halogenated alkanes) is 9. The summed E-state index contributed by atoms with van der Waals surface area (Å²) in [5.41, 5.74) is 2.95. The molecule has 0 aliphatic carbocycles. The van der Waals surface area contributed by atoms with Gasteiger partial charge in [-0.15, -0.1) is 0 Å². The van der Waals surface area contributed by atoms with Crippen molar-refractivity contribution in [2.24, 2.45) is 0 Å². The Morgan fingerprint density at radius 2 is 1.31 bits per heavy atom. The van der Waals surface area contributed by atoms with E-state index in [9.17, 15) is 4.79 Å². The molecule has 0 amide bonds. The van der Waals surface area contributed by atoms with Crippen LogP contribution in [0, 0.1) is 0 Å². The van der Waals surface area contributed by atoms with Gasteiger partial charge in [0.25, 0.3) is 0 Å². The van der Waals surface area contributed by atoms with Crippen LogP contribution in [0.2, 0.25) is 0 Å². The lowest BCUT2D eigenvalue weighted by molar-refractivity contribution is 0.0733. The fourth-order valence-electron chi connectivity index (χ4n) is 3.94. The Hall–Kier alpha value is -2.13. The first-order valence-corrected chi connectivity index (χ1v) is 12.7. The van der Waals surface area contributed by atoms with Gasteiger partial charge in [-0.2, -0.15) is 0 Å². The zero-order valence-electron chi connectivity index (χ0n) is 20.4. The fourth-order valence-corrected chi connectivity index (χ4v) is 3.94. The molecule has 0 spiro atoms. The maximum absolute atomic E-state index is 12.4. The van der Waals surface area contributed by atoms with Gasteiger partial charge in [-0.1, -0.05) is 89.0 Å². The minimum Gasteiger partial charge on any atom is -0.423 e. The van der Waals surface area contributed by atoms with E-state index < -0.39 is 0 Å². The van der Waals surface area contributed by atoms with Crippen LogP contribution in [0.3, 0.4) is 0 Å². The van der Waals surface area contributed by atoms with Gasteiger partial charge in [0.2, 0.25) is 0 Å². The summed E-state index contributed by atoms with van der Waals surface area (Å²) in [5, 5.41) is 0. The Morgan fingerprint density at radius 3 is 1.88 bits per heavy atom. The Labute approximate surface area is 195 Å². The van der Waals surface area contributed by atoms with E-state index in [2.05, 4.69) is 19.1 Å². The van der Waals surface area contributed by atoms with Crippen LogP contribution in [-0.4, -0.2) is 12.6 Å². The molecule has 2 aromatic carbocycles. The summed E-state index contributed by atoms with van der Waals surface area (Å²) in [6, 6.07) is 15.4. The van der Waals surface area contributed by atoms with Gasteiger partial charge in [0.1, 0.15) is 5.75 Å². The number of ether oxygens (including phenoxy) is 2. The lowest BCUT2D eigenvalue weighted by atomic mass is 10.0. The number of hydrogen-bond acceptors (Lipinski definition) is 3. The number of carbonyl (C=O) groups is 1. The van der Waals surface area contributed by atoms with Crippen LogP contribution in [0.5, 0.6) is 5.75 Å². The van der Waals surface area contributed by atoms with E-state index in [1.165, 1.54) is 69.8 Å². The second-order valence-electron chi connectivity index (χ2n) is 8.69. The first-order valence-electron chi connectivity index (χ1n) is 12.7. The van der Waals surface area contributed by atoms with Crippen molar-refractivity contribution in [3.8, 4) is 5.75 Å². The van der Waals surface area contributed by atoms with E-state index >= 15 is 0 Å². The third kappa shape index (κ3) is 9.99. The van der Waals surface area contributed by atoms with Crippen LogP contribution in [0.15, 0.2) is 48.5 Å². The van der Waals surface area contributed by atoms with Gasteiger partial charge in [0.05, 0.1) is 11.7 Å². The fraction of sp³-hybridized carbons (Fsp3) is 0.552. The van der Waals surface area contributed by atoms with E-state index in [1.807, 2.05) is 50.2 Å². The summed E-state index contributed by atoms with van der Waals surface area (Å²) < 4.78 is 11.1. The number of carbonyl (C=O) groups excluding carboxylic acids is 1. The molecule has 2 rings (SSSR count). The van der Waals surface area contributed by atoms with Crippen molar-refractivity contribution in [3.05, 3.63) is 65.2 Å². The monoisotopic (exact) mass is 438 g/mol. The Kier molecular flexibility index (Phi) is 12.8. The summed E-state index contributed by atoms with van der Waals surface area (Å²) in [7, 11) is 0. The molecule has 0 bridgehead atoms. The van der Waals surface area contributed by atoms with Crippen LogP contribution in [0.4, 0.5) is 0 Å². The Balaban J connectivity index is 1.66. The highest BCUT2D eigenvalue weighted by molar-refractivity contribution is 5.91. The molecule has 3 heteroatoms. The van der Waals surface area contributed by atoms with Crippen molar-refractivity contribution < 1.29 is 14.3 Å². The zero-order chi connectivity index (χ0) is 23.0. The van der Waals surface area contributed by atoms with Crippen LogP contribution >= 0.6 is 0 Å². The number of rotatable bonds is 16. The molecular weight excluding hydrogens is 396 g/mol. The zero-order valence-corrected chi connectivity index (χ0v) is 20.4. The molecule has 0 saturated heterocycles. The average molecular weight is 439 g/mol. The maximum atomic E-state index is 12.4. The molecule has 0 heterocycles. The largest absolute Gasteiger partial charge is 0.423 e. The van der Waals surface area contributed by atoms with Gasteiger partial charge in [-0.05, 0) is 62.1 Å². The molecule has 32 heavy (non-hydrogen) atoms. The van der Waals surface area contributed by atoms with Crippen molar-refractivity contribution in [2.75, 3.05) is 6.61 Å². The van der Waals surface area contributed by atoms with E-state index in [4.69, 9.17) is 9.47 Å². The standard InChI is InChI=1S/C29H42O3/c1-4-6-7-8-9-10-11-12-13-14-15-25-16-18-27(19-17-25)29(30)32-28-22-20-26(21-23-28)24(3)31-5-2/h16-24H,4-15H2,1-3H3. The highest BCUT2D eigenvalue weighted by atomic mass is 16.5. The number of benzene rings is 2. The molecule has 0 N–H and O–H groups in total. The normalized spacial score (nSPS) is 12.0. The second-order valence-corrected chi connectivity index (χ2v) is 8.69.